The van der Waals surface area contributed by atoms with E-state index in [2.05, 4.69) is 22.4 Å². The van der Waals surface area contributed by atoms with Crippen LogP contribution in [-0.2, 0) is 11.2 Å². The van der Waals surface area contributed by atoms with Crippen molar-refractivity contribution >= 4 is 6.09 Å². The Morgan fingerprint density at radius 1 is 1.24 bits per heavy atom. The van der Waals surface area contributed by atoms with Crippen LogP contribution in [0.3, 0.4) is 0 Å². The Labute approximate surface area is 125 Å². The Morgan fingerprint density at radius 3 is 2.52 bits per heavy atom. The van der Waals surface area contributed by atoms with Crippen molar-refractivity contribution in [1.29, 1.82) is 0 Å². The van der Waals surface area contributed by atoms with Crippen molar-refractivity contribution in [2.75, 3.05) is 0 Å². The maximum absolute atomic E-state index is 12.0. The summed E-state index contributed by atoms with van der Waals surface area (Å²) in [5.74, 6) is 0. The van der Waals surface area contributed by atoms with Crippen LogP contribution < -0.4 is 5.32 Å². The van der Waals surface area contributed by atoms with Gasteiger partial charge in [-0.3, -0.25) is 0 Å². The van der Waals surface area contributed by atoms with Crippen LogP contribution in [0.4, 0.5) is 4.79 Å². The minimum atomic E-state index is -0.500. The molecule has 1 atom stereocenters. The summed E-state index contributed by atoms with van der Waals surface area (Å²) in [5, 5.41) is 2.94. The van der Waals surface area contributed by atoms with E-state index in [-0.39, 0.29) is 6.04 Å². The summed E-state index contributed by atoms with van der Waals surface area (Å²) in [6.07, 6.45) is 4.07. The Bertz CT molecular complexity index is 556. The van der Waals surface area contributed by atoms with E-state index in [1.54, 1.807) is 0 Å². The molecule has 1 aromatic carbocycles. The summed E-state index contributed by atoms with van der Waals surface area (Å²) >= 11 is 0. The number of amides is 1. The average Bonchev–Trinajstić information content (AvgIpc) is 2.90. The Balaban J connectivity index is 2.08. The van der Waals surface area contributed by atoms with Gasteiger partial charge in [0.2, 0.25) is 0 Å². The molecule has 4 nitrogen and oxygen atoms in total. The molecule has 0 radical (unpaired) electrons. The number of H-pyrrole nitrogens is 1. The van der Waals surface area contributed by atoms with Gasteiger partial charge in [-0.05, 0) is 44.4 Å². The molecule has 0 aliphatic heterocycles. The molecule has 4 heteroatoms. The second kappa shape index (κ2) is 6.48. The summed E-state index contributed by atoms with van der Waals surface area (Å²) in [6, 6.07) is 11.9. The van der Waals surface area contributed by atoms with Crippen LogP contribution in [0.5, 0.6) is 0 Å². The van der Waals surface area contributed by atoms with Crippen LogP contribution in [0.25, 0.3) is 0 Å². The third-order valence-corrected chi connectivity index (χ3v) is 3.00. The number of alkyl carbamates (subject to hydrolysis) is 1. The average molecular weight is 286 g/mol. The lowest BCUT2D eigenvalue weighted by molar-refractivity contribution is 0.0503. The van der Waals surface area contributed by atoms with E-state index < -0.39 is 11.7 Å². The van der Waals surface area contributed by atoms with Gasteiger partial charge in [0.05, 0.1) is 6.04 Å². The Kier molecular flexibility index (Phi) is 4.68. The smallest absolute Gasteiger partial charge is 0.408 e. The fourth-order valence-electron chi connectivity index (χ4n) is 2.11. The van der Waals surface area contributed by atoms with Gasteiger partial charge in [0, 0.05) is 12.4 Å². The Hall–Kier alpha value is -2.23. The number of hydrogen-bond acceptors (Lipinski definition) is 2. The van der Waals surface area contributed by atoms with E-state index in [1.165, 1.54) is 5.56 Å². The summed E-state index contributed by atoms with van der Waals surface area (Å²) in [5.41, 5.74) is 1.70. The van der Waals surface area contributed by atoms with Gasteiger partial charge >= 0.3 is 6.09 Å². The molecule has 0 fully saturated rings. The number of benzene rings is 1. The number of rotatable bonds is 4. The van der Waals surface area contributed by atoms with Gasteiger partial charge in [0.1, 0.15) is 5.60 Å². The van der Waals surface area contributed by atoms with Crippen molar-refractivity contribution in [2.24, 2.45) is 0 Å². The zero-order chi connectivity index (χ0) is 15.3. The predicted molar refractivity (Wildman–Crippen MR) is 83.0 cm³/mol. The number of carbonyl (C=O) groups is 1. The number of nitrogens with one attached hydrogen (secondary N) is 2. The maximum Gasteiger partial charge on any atom is 0.408 e. The topological polar surface area (TPSA) is 54.1 Å². The highest BCUT2D eigenvalue weighted by Gasteiger charge is 2.21. The molecular formula is C17H22N2O2. The highest BCUT2D eigenvalue weighted by atomic mass is 16.6. The molecule has 0 saturated heterocycles. The molecule has 0 unspecified atom stereocenters. The molecule has 1 heterocycles. The van der Waals surface area contributed by atoms with Crippen LogP contribution in [0, 0.1) is 0 Å². The number of aromatic amines is 1. The lowest BCUT2D eigenvalue weighted by Gasteiger charge is -2.23. The first-order chi connectivity index (χ1) is 9.94. The largest absolute Gasteiger partial charge is 0.444 e. The van der Waals surface area contributed by atoms with Gasteiger partial charge in [-0.1, -0.05) is 30.3 Å². The third kappa shape index (κ3) is 4.99. The molecule has 0 aliphatic rings. The summed E-state index contributed by atoms with van der Waals surface area (Å²) in [4.78, 5) is 15.0. The molecule has 21 heavy (non-hydrogen) atoms. The second-order valence-corrected chi connectivity index (χ2v) is 6.03. The molecular weight excluding hydrogens is 264 g/mol. The highest BCUT2D eigenvalue weighted by Crippen LogP contribution is 2.19. The van der Waals surface area contributed by atoms with Crippen molar-refractivity contribution in [2.45, 2.75) is 38.8 Å². The molecule has 2 rings (SSSR count). The van der Waals surface area contributed by atoms with Gasteiger partial charge in [-0.25, -0.2) is 4.79 Å². The SMILES string of the molecule is CC(C)(C)OC(=O)N[C@H](Cc1ccccc1)c1cc[nH]c1. The van der Waals surface area contributed by atoms with Crippen LogP contribution in [0.2, 0.25) is 0 Å². The van der Waals surface area contributed by atoms with Gasteiger partial charge < -0.3 is 15.0 Å². The van der Waals surface area contributed by atoms with Crippen molar-refractivity contribution in [1.82, 2.24) is 10.3 Å². The van der Waals surface area contributed by atoms with Crippen molar-refractivity contribution < 1.29 is 9.53 Å². The zero-order valence-corrected chi connectivity index (χ0v) is 12.7. The molecule has 1 aromatic heterocycles. The standard InChI is InChI=1S/C17H22N2O2/c1-17(2,3)21-16(20)19-15(14-9-10-18-12-14)11-13-7-5-4-6-8-13/h4-10,12,15,18H,11H2,1-3H3,(H,19,20)/t15-/m1/s1. The van der Waals surface area contributed by atoms with Crippen molar-refractivity contribution in [3.8, 4) is 0 Å². The summed E-state index contributed by atoms with van der Waals surface area (Å²) in [6.45, 7) is 5.57. The first-order valence-corrected chi connectivity index (χ1v) is 7.10. The quantitative estimate of drug-likeness (QED) is 0.897. The first-order valence-electron chi connectivity index (χ1n) is 7.10. The molecule has 2 N–H and O–H groups in total. The van der Waals surface area contributed by atoms with Crippen LogP contribution in [0.1, 0.15) is 37.9 Å². The van der Waals surface area contributed by atoms with Gasteiger partial charge in [-0.2, -0.15) is 0 Å². The minimum absolute atomic E-state index is 0.117. The van der Waals surface area contributed by atoms with E-state index in [9.17, 15) is 4.79 Å². The highest BCUT2D eigenvalue weighted by molar-refractivity contribution is 5.68. The normalized spacial score (nSPS) is 12.7. The van der Waals surface area contributed by atoms with E-state index in [0.29, 0.717) is 0 Å². The van der Waals surface area contributed by atoms with E-state index in [0.717, 1.165) is 12.0 Å². The van der Waals surface area contributed by atoms with Gasteiger partial charge in [-0.15, -0.1) is 0 Å². The first kappa shape index (κ1) is 15.2. The molecule has 2 aromatic rings. The fourth-order valence-corrected chi connectivity index (χ4v) is 2.11. The number of ether oxygens (including phenoxy) is 1. The molecule has 0 spiro atoms. The Morgan fingerprint density at radius 2 is 1.95 bits per heavy atom. The van der Waals surface area contributed by atoms with E-state index in [4.69, 9.17) is 4.74 Å². The van der Waals surface area contributed by atoms with Crippen molar-refractivity contribution in [3.05, 3.63) is 59.9 Å². The van der Waals surface area contributed by atoms with Crippen LogP contribution >= 0.6 is 0 Å². The minimum Gasteiger partial charge on any atom is -0.444 e. The van der Waals surface area contributed by atoms with Crippen molar-refractivity contribution in [3.63, 3.8) is 0 Å². The monoisotopic (exact) mass is 286 g/mol. The zero-order valence-electron chi connectivity index (χ0n) is 12.7. The van der Waals surface area contributed by atoms with Gasteiger partial charge in [0.25, 0.3) is 0 Å². The second-order valence-electron chi connectivity index (χ2n) is 6.03. The number of carbonyl (C=O) groups excluding carboxylic acids is 1. The molecule has 1 amide bonds. The molecule has 0 saturated carbocycles. The van der Waals surface area contributed by atoms with Crippen LogP contribution in [0.15, 0.2) is 48.8 Å². The molecule has 0 aliphatic carbocycles. The fraction of sp³-hybridized carbons (Fsp3) is 0.353. The number of hydrogen-bond donors (Lipinski definition) is 2. The molecule has 112 valence electrons. The molecule has 0 bridgehead atoms. The number of aromatic nitrogens is 1. The van der Waals surface area contributed by atoms with Crippen LogP contribution in [-0.4, -0.2) is 16.7 Å². The van der Waals surface area contributed by atoms with E-state index in [1.807, 2.05) is 57.4 Å². The predicted octanol–water partition coefficient (Wildman–Crippen LogP) is 3.82. The van der Waals surface area contributed by atoms with Gasteiger partial charge in [0.15, 0.2) is 0 Å². The summed E-state index contributed by atoms with van der Waals surface area (Å²) in [7, 11) is 0. The lowest BCUT2D eigenvalue weighted by atomic mass is 10.0. The summed E-state index contributed by atoms with van der Waals surface area (Å²) < 4.78 is 5.34. The maximum atomic E-state index is 12.0. The lowest BCUT2D eigenvalue weighted by Crippen LogP contribution is -2.35. The van der Waals surface area contributed by atoms with E-state index >= 15 is 0 Å². The third-order valence-electron chi connectivity index (χ3n) is 3.00.